The number of sulfonamides is 1. The molecule has 0 saturated carbocycles. The Bertz CT molecular complexity index is 805. The minimum Gasteiger partial charge on any atom is -0.389 e. The fourth-order valence-corrected chi connectivity index (χ4v) is 3.78. The van der Waals surface area contributed by atoms with Gasteiger partial charge in [0.25, 0.3) is 0 Å². The van der Waals surface area contributed by atoms with Crippen molar-refractivity contribution in [3.05, 3.63) is 65.7 Å². The van der Waals surface area contributed by atoms with Crippen LogP contribution in [0.25, 0.3) is 0 Å². The lowest BCUT2D eigenvalue weighted by Gasteiger charge is -2.24. The molecule has 0 radical (unpaired) electrons. The molecule has 0 heterocycles. The Kier molecular flexibility index (Phi) is 6.27. The fourth-order valence-electron chi connectivity index (χ4n) is 2.61. The highest BCUT2D eigenvalue weighted by Crippen LogP contribution is 2.23. The lowest BCUT2D eigenvalue weighted by Crippen LogP contribution is -2.40. The number of benzene rings is 2. The molecule has 2 rings (SSSR count). The molecule has 5 heteroatoms. The maximum Gasteiger partial charge on any atom is 0.240 e. The second-order valence-electron chi connectivity index (χ2n) is 8.08. The van der Waals surface area contributed by atoms with Crippen molar-refractivity contribution in [1.29, 1.82) is 0 Å². The molecule has 0 aliphatic carbocycles. The minimum absolute atomic E-state index is 0.0246. The molecule has 2 aromatic carbocycles. The Morgan fingerprint density at radius 2 is 1.50 bits per heavy atom. The Morgan fingerprint density at radius 3 is 2.04 bits per heavy atom. The zero-order valence-corrected chi connectivity index (χ0v) is 16.8. The molecule has 0 fully saturated rings. The summed E-state index contributed by atoms with van der Waals surface area (Å²) in [5.41, 5.74) is 1.05. The van der Waals surface area contributed by atoms with E-state index in [4.69, 9.17) is 0 Å². The van der Waals surface area contributed by atoms with Gasteiger partial charge in [-0.05, 0) is 48.4 Å². The van der Waals surface area contributed by atoms with Crippen LogP contribution >= 0.6 is 0 Å². The summed E-state index contributed by atoms with van der Waals surface area (Å²) in [7, 11) is -3.65. The average molecular weight is 376 g/mol. The van der Waals surface area contributed by atoms with Gasteiger partial charge in [0.2, 0.25) is 10.0 Å². The number of nitrogens with one attached hydrogen (secondary N) is 1. The van der Waals surface area contributed by atoms with Gasteiger partial charge in [-0.25, -0.2) is 13.1 Å². The van der Waals surface area contributed by atoms with Crippen LogP contribution in [0.1, 0.15) is 45.2 Å². The standard InChI is InChI=1S/C21H29NO3S/c1-20(2,3)18-10-12-19(13-11-18)26(24,25)22-16-21(4,23)15-14-17-8-6-5-7-9-17/h5-13,22-23H,14-16H2,1-4H3. The third-order valence-electron chi connectivity index (χ3n) is 4.47. The predicted octanol–water partition coefficient (Wildman–Crippen LogP) is 3.65. The van der Waals surface area contributed by atoms with E-state index in [-0.39, 0.29) is 16.9 Å². The molecule has 0 bridgehead atoms. The van der Waals surface area contributed by atoms with Gasteiger partial charge < -0.3 is 5.11 Å². The smallest absolute Gasteiger partial charge is 0.240 e. The Balaban J connectivity index is 1.98. The van der Waals surface area contributed by atoms with Crippen LogP contribution in [0.3, 0.4) is 0 Å². The maximum atomic E-state index is 12.5. The Morgan fingerprint density at radius 1 is 0.923 bits per heavy atom. The highest BCUT2D eigenvalue weighted by Gasteiger charge is 2.24. The van der Waals surface area contributed by atoms with Crippen molar-refractivity contribution in [3.8, 4) is 0 Å². The minimum atomic E-state index is -3.65. The lowest BCUT2D eigenvalue weighted by molar-refractivity contribution is 0.0565. The van der Waals surface area contributed by atoms with Crippen molar-refractivity contribution < 1.29 is 13.5 Å². The molecule has 0 aliphatic rings. The number of aliphatic hydroxyl groups is 1. The maximum absolute atomic E-state index is 12.5. The Labute approximate surface area is 157 Å². The number of aryl methyl sites for hydroxylation is 1. The first kappa shape index (κ1) is 20.6. The molecule has 4 nitrogen and oxygen atoms in total. The monoisotopic (exact) mass is 375 g/mol. The van der Waals surface area contributed by atoms with Crippen molar-refractivity contribution in [2.24, 2.45) is 0 Å². The Hall–Kier alpha value is -1.69. The van der Waals surface area contributed by atoms with Crippen LogP contribution in [0.5, 0.6) is 0 Å². The lowest BCUT2D eigenvalue weighted by atomic mass is 9.87. The summed E-state index contributed by atoms with van der Waals surface area (Å²) in [6.07, 6.45) is 1.17. The van der Waals surface area contributed by atoms with Gasteiger partial charge >= 0.3 is 0 Å². The first-order chi connectivity index (χ1) is 12.0. The first-order valence-electron chi connectivity index (χ1n) is 8.86. The van der Waals surface area contributed by atoms with Crippen molar-refractivity contribution >= 4 is 10.0 Å². The van der Waals surface area contributed by atoms with Gasteiger partial charge in [-0.2, -0.15) is 0 Å². The zero-order chi connectivity index (χ0) is 19.4. The van der Waals surface area contributed by atoms with Crippen LogP contribution in [-0.2, 0) is 21.9 Å². The summed E-state index contributed by atoms with van der Waals surface area (Å²) < 4.78 is 27.5. The van der Waals surface area contributed by atoms with Gasteiger partial charge in [-0.1, -0.05) is 63.2 Å². The van der Waals surface area contributed by atoms with Gasteiger partial charge in [0.15, 0.2) is 0 Å². The predicted molar refractivity (Wildman–Crippen MR) is 106 cm³/mol. The van der Waals surface area contributed by atoms with Crippen LogP contribution in [-0.4, -0.2) is 25.7 Å². The van der Waals surface area contributed by atoms with Crippen molar-refractivity contribution in [2.45, 2.75) is 56.4 Å². The number of hydrogen-bond donors (Lipinski definition) is 2. The molecule has 1 unspecified atom stereocenters. The van der Waals surface area contributed by atoms with E-state index in [9.17, 15) is 13.5 Å². The molecule has 0 amide bonds. The van der Waals surface area contributed by atoms with Gasteiger partial charge in [0.05, 0.1) is 10.5 Å². The van der Waals surface area contributed by atoms with E-state index in [1.165, 1.54) is 0 Å². The number of hydrogen-bond acceptors (Lipinski definition) is 3. The molecule has 0 aromatic heterocycles. The van der Waals surface area contributed by atoms with E-state index in [2.05, 4.69) is 25.5 Å². The molecule has 142 valence electrons. The normalized spacial score (nSPS) is 14.8. The molecular weight excluding hydrogens is 346 g/mol. The van der Waals surface area contributed by atoms with E-state index >= 15 is 0 Å². The van der Waals surface area contributed by atoms with Gasteiger partial charge in [0.1, 0.15) is 0 Å². The van der Waals surface area contributed by atoms with E-state index in [0.717, 1.165) is 11.1 Å². The third-order valence-corrected chi connectivity index (χ3v) is 5.89. The third kappa shape index (κ3) is 5.94. The second kappa shape index (κ2) is 7.91. The molecular formula is C21H29NO3S. The van der Waals surface area contributed by atoms with Crippen molar-refractivity contribution in [3.63, 3.8) is 0 Å². The molecule has 0 aliphatic heterocycles. The van der Waals surface area contributed by atoms with Crippen molar-refractivity contribution in [2.75, 3.05) is 6.54 Å². The van der Waals surface area contributed by atoms with Gasteiger partial charge in [0, 0.05) is 6.54 Å². The van der Waals surface area contributed by atoms with E-state index < -0.39 is 15.6 Å². The molecule has 26 heavy (non-hydrogen) atoms. The summed E-state index contributed by atoms with van der Waals surface area (Å²) in [5, 5.41) is 10.5. The van der Waals surface area contributed by atoms with E-state index in [1.54, 1.807) is 19.1 Å². The topological polar surface area (TPSA) is 66.4 Å². The van der Waals surface area contributed by atoms with Crippen LogP contribution in [0.4, 0.5) is 0 Å². The van der Waals surface area contributed by atoms with Crippen LogP contribution in [0.2, 0.25) is 0 Å². The van der Waals surface area contributed by atoms with Crippen LogP contribution in [0.15, 0.2) is 59.5 Å². The fraction of sp³-hybridized carbons (Fsp3) is 0.429. The summed E-state index contributed by atoms with van der Waals surface area (Å²) in [5.74, 6) is 0. The highest BCUT2D eigenvalue weighted by atomic mass is 32.2. The average Bonchev–Trinajstić information content (AvgIpc) is 2.59. The zero-order valence-electron chi connectivity index (χ0n) is 16.0. The summed E-state index contributed by atoms with van der Waals surface area (Å²) in [6.45, 7) is 7.88. The molecule has 0 spiro atoms. The molecule has 1 atom stereocenters. The quantitative estimate of drug-likeness (QED) is 0.776. The second-order valence-corrected chi connectivity index (χ2v) is 9.85. The number of rotatable bonds is 7. The molecule has 0 saturated heterocycles. The summed E-state index contributed by atoms with van der Waals surface area (Å²) >= 11 is 0. The molecule has 2 N–H and O–H groups in total. The highest BCUT2D eigenvalue weighted by molar-refractivity contribution is 7.89. The summed E-state index contributed by atoms with van der Waals surface area (Å²) in [6, 6.07) is 16.7. The van der Waals surface area contributed by atoms with Crippen LogP contribution in [0, 0.1) is 0 Å². The molecule has 2 aromatic rings. The van der Waals surface area contributed by atoms with E-state index in [1.807, 2.05) is 42.5 Å². The van der Waals surface area contributed by atoms with Gasteiger partial charge in [-0.3, -0.25) is 0 Å². The summed E-state index contributed by atoms with van der Waals surface area (Å²) in [4.78, 5) is 0.212. The van der Waals surface area contributed by atoms with Crippen LogP contribution < -0.4 is 4.72 Å². The van der Waals surface area contributed by atoms with E-state index in [0.29, 0.717) is 12.8 Å². The van der Waals surface area contributed by atoms with Crippen molar-refractivity contribution in [1.82, 2.24) is 4.72 Å². The SMILES string of the molecule is CC(O)(CCc1ccccc1)CNS(=O)(=O)c1ccc(C(C)(C)C)cc1. The first-order valence-corrected chi connectivity index (χ1v) is 10.3. The van der Waals surface area contributed by atoms with Gasteiger partial charge in [-0.15, -0.1) is 0 Å². The largest absolute Gasteiger partial charge is 0.389 e.